The summed E-state index contributed by atoms with van der Waals surface area (Å²) in [6.45, 7) is 4.50. The quantitative estimate of drug-likeness (QED) is 0.531. The number of ketones is 1. The Kier molecular flexibility index (Phi) is 6.26. The summed E-state index contributed by atoms with van der Waals surface area (Å²) in [5.74, 6) is -0.174. The molecule has 0 saturated heterocycles. The van der Waals surface area contributed by atoms with Crippen LogP contribution in [0, 0.1) is 18.3 Å². The highest BCUT2D eigenvalue weighted by atomic mass is 35.5. The number of thiazole rings is 1. The number of nitrogens with zero attached hydrogens (tertiary/aromatic N) is 5. The number of hydrogen-bond donors (Lipinski definition) is 0. The van der Waals surface area contributed by atoms with Gasteiger partial charge in [0.2, 0.25) is 0 Å². The van der Waals surface area contributed by atoms with Gasteiger partial charge in [0.15, 0.2) is 22.7 Å². The second-order valence-electron chi connectivity index (χ2n) is 5.70. The van der Waals surface area contributed by atoms with E-state index < -0.39 is 5.92 Å². The van der Waals surface area contributed by atoms with Crippen molar-refractivity contribution in [3.63, 3.8) is 0 Å². The standard InChI is InChI=1S/C18H16ClN5OS2/c1-3-24-16(12-4-6-13(19)7-5-12)22-23-18(24)27-10-15(25)14(8-20)17-21-11(2)9-26-17/h4-7,9,14H,3,10H2,1-2H3/t14-/m1/s1. The molecular weight excluding hydrogens is 402 g/mol. The molecule has 0 spiro atoms. The van der Waals surface area contributed by atoms with Crippen molar-refractivity contribution in [1.29, 1.82) is 5.26 Å². The van der Waals surface area contributed by atoms with Crippen LogP contribution in [0.4, 0.5) is 0 Å². The van der Waals surface area contributed by atoms with E-state index in [0.29, 0.717) is 21.7 Å². The average Bonchev–Trinajstić information content (AvgIpc) is 3.27. The molecule has 0 amide bonds. The molecule has 2 heterocycles. The van der Waals surface area contributed by atoms with Crippen LogP contribution in [0.2, 0.25) is 5.02 Å². The average molecular weight is 418 g/mol. The largest absolute Gasteiger partial charge is 0.302 e. The van der Waals surface area contributed by atoms with Gasteiger partial charge in [-0.1, -0.05) is 23.4 Å². The molecule has 0 N–H and O–H groups in total. The van der Waals surface area contributed by atoms with Gasteiger partial charge in [0.05, 0.1) is 11.8 Å². The molecule has 2 aromatic heterocycles. The highest BCUT2D eigenvalue weighted by Gasteiger charge is 2.24. The van der Waals surface area contributed by atoms with Crippen molar-refractivity contribution in [3.8, 4) is 17.5 Å². The smallest absolute Gasteiger partial charge is 0.191 e. The maximum atomic E-state index is 12.5. The summed E-state index contributed by atoms with van der Waals surface area (Å²) in [6.07, 6.45) is 0. The van der Waals surface area contributed by atoms with E-state index in [9.17, 15) is 10.1 Å². The van der Waals surface area contributed by atoms with Gasteiger partial charge in [-0.15, -0.1) is 21.5 Å². The Balaban J connectivity index is 1.75. The van der Waals surface area contributed by atoms with Crippen LogP contribution in [0.1, 0.15) is 23.5 Å². The minimum Gasteiger partial charge on any atom is -0.302 e. The van der Waals surface area contributed by atoms with Gasteiger partial charge >= 0.3 is 0 Å². The number of thioether (sulfide) groups is 1. The van der Waals surface area contributed by atoms with Gasteiger partial charge < -0.3 is 4.57 Å². The van der Waals surface area contributed by atoms with E-state index >= 15 is 0 Å². The summed E-state index contributed by atoms with van der Waals surface area (Å²) in [6, 6.07) is 9.43. The highest BCUT2D eigenvalue weighted by Crippen LogP contribution is 2.27. The Morgan fingerprint density at radius 1 is 1.37 bits per heavy atom. The first-order chi connectivity index (χ1) is 13.0. The summed E-state index contributed by atoms with van der Waals surface area (Å²) in [7, 11) is 0. The fourth-order valence-electron chi connectivity index (χ4n) is 2.48. The van der Waals surface area contributed by atoms with E-state index in [4.69, 9.17) is 11.6 Å². The number of nitriles is 1. The van der Waals surface area contributed by atoms with E-state index in [-0.39, 0.29) is 11.5 Å². The molecule has 0 aliphatic heterocycles. The lowest BCUT2D eigenvalue weighted by molar-refractivity contribution is -0.116. The number of rotatable bonds is 7. The van der Waals surface area contributed by atoms with E-state index in [1.807, 2.05) is 35.9 Å². The molecule has 9 heteroatoms. The Morgan fingerprint density at radius 3 is 2.70 bits per heavy atom. The Labute approximate surface area is 170 Å². The second-order valence-corrected chi connectivity index (χ2v) is 7.97. The number of carbonyl (C=O) groups excluding carboxylic acids is 1. The van der Waals surface area contributed by atoms with Crippen LogP contribution in [0.5, 0.6) is 0 Å². The maximum Gasteiger partial charge on any atom is 0.191 e. The summed E-state index contributed by atoms with van der Waals surface area (Å²) in [4.78, 5) is 16.8. The monoisotopic (exact) mass is 417 g/mol. The van der Waals surface area contributed by atoms with Gasteiger partial charge in [-0.3, -0.25) is 4.79 Å². The number of aryl methyl sites for hydroxylation is 1. The minimum atomic E-state index is -0.843. The molecule has 0 aliphatic rings. The van der Waals surface area contributed by atoms with E-state index in [1.165, 1.54) is 23.1 Å². The Hall–Kier alpha value is -2.21. The lowest BCUT2D eigenvalue weighted by Crippen LogP contribution is -2.13. The van der Waals surface area contributed by atoms with Gasteiger partial charge in [-0.05, 0) is 38.1 Å². The lowest BCUT2D eigenvalue weighted by Gasteiger charge is -2.08. The third-order valence-electron chi connectivity index (χ3n) is 3.81. The van der Waals surface area contributed by atoms with Crippen LogP contribution in [-0.2, 0) is 11.3 Å². The zero-order valence-corrected chi connectivity index (χ0v) is 17.1. The summed E-state index contributed by atoms with van der Waals surface area (Å²) >= 11 is 8.56. The summed E-state index contributed by atoms with van der Waals surface area (Å²) in [5, 5.41) is 21.5. The molecule has 1 atom stereocenters. The predicted molar refractivity (Wildman–Crippen MR) is 107 cm³/mol. The van der Waals surface area contributed by atoms with Gasteiger partial charge in [0.1, 0.15) is 5.01 Å². The fraction of sp³-hybridized carbons (Fsp3) is 0.278. The van der Waals surface area contributed by atoms with Gasteiger partial charge in [0.25, 0.3) is 0 Å². The first kappa shape index (κ1) is 19.5. The molecule has 3 rings (SSSR count). The molecular formula is C18H16ClN5OS2. The second kappa shape index (κ2) is 8.65. The number of Topliss-reactive ketones (excluding diaryl/α,β-unsaturated/α-hetero) is 1. The van der Waals surface area contributed by atoms with Crippen molar-refractivity contribution in [2.45, 2.75) is 31.5 Å². The van der Waals surface area contributed by atoms with Crippen molar-refractivity contribution < 1.29 is 4.79 Å². The molecule has 0 bridgehead atoms. The maximum absolute atomic E-state index is 12.5. The molecule has 6 nitrogen and oxygen atoms in total. The normalized spacial score (nSPS) is 11.9. The molecule has 0 aliphatic carbocycles. The molecule has 27 heavy (non-hydrogen) atoms. The number of carbonyl (C=O) groups is 1. The van der Waals surface area contributed by atoms with E-state index in [0.717, 1.165) is 17.1 Å². The van der Waals surface area contributed by atoms with Gasteiger partial charge in [-0.2, -0.15) is 5.26 Å². The van der Waals surface area contributed by atoms with Crippen LogP contribution in [0.15, 0.2) is 34.8 Å². The highest BCUT2D eigenvalue weighted by molar-refractivity contribution is 7.99. The zero-order chi connectivity index (χ0) is 19.4. The summed E-state index contributed by atoms with van der Waals surface area (Å²) < 4.78 is 1.94. The van der Waals surface area contributed by atoms with Crippen molar-refractivity contribution >= 4 is 40.5 Å². The van der Waals surface area contributed by atoms with E-state index in [2.05, 4.69) is 21.3 Å². The molecule has 0 radical (unpaired) electrons. The third kappa shape index (κ3) is 4.38. The van der Waals surface area contributed by atoms with Gasteiger partial charge in [-0.25, -0.2) is 4.98 Å². The Bertz CT molecular complexity index is 990. The number of benzene rings is 1. The van der Waals surface area contributed by atoms with Crippen molar-refractivity contribution in [1.82, 2.24) is 19.7 Å². The molecule has 138 valence electrons. The van der Waals surface area contributed by atoms with Crippen molar-refractivity contribution in [2.75, 3.05) is 5.75 Å². The Morgan fingerprint density at radius 2 is 2.11 bits per heavy atom. The molecule has 3 aromatic rings. The fourth-order valence-corrected chi connectivity index (χ4v) is 4.38. The zero-order valence-electron chi connectivity index (χ0n) is 14.7. The molecule has 0 unspecified atom stereocenters. The first-order valence-electron chi connectivity index (χ1n) is 8.19. The van der Waals surface area contributed by atoms with Gasteiger partial charge in [0, 0.05) is 28.2 Å². The molecule has 1 aromatic carbocycles. The SMILES string of the molecule is CCn1c(SCC(=O)[C@@H](C#N)c2nc(C)cs2)nnc1-c1ccc(Cl)cc1. The van der Waals surface area contributed by atoms with Crippen LogP contribution >= 0.6 is 34.7 Å². The van der Waals surface area contributed by atoms with Crippen LogP contribution in [0.3, 0.4) is 0 Å². The molecule has 0 saturated carbocycles. The number of aromatic nitrogens is 4. The van der Waals surface area contributed by atoms with Crippen LogP contribution in [0.25, 0.3) is 11.4 Å². The topological polar surface area (TPSA) is 84.5 Å². The minimum absolute atomic E-state index is 0.135. The molecule has 0 fully saturated rings. The van der Waals surface area contributed by atoms with Crippen LogP contribution < -0.4 is 0 Å². The first-order valence-corrected chi connectivity index (χ1v) is 10.4. The van der Waals surface area contributed by atoms with E-state index in [1.54, 1.807) is 12.1 Å². The van der Waals surface area contributed by atoms with Crippen molar-refractivity contribution in [2.24, 2.45) is 0 Å². The number of hydrogen-bond acceptors (Lipinski definition) is 7. The number of halogens is 1. The third-order valence-corrected chi connectivity index (χ3v) is 6.08. The van der Waals surface area contributed by atoms with Crippen LogP contribution in [-0.4, -0.2) is 31.3 Å². The van der Waals surface area contributed by atoms with Crippen molar-refractivity contribution in [3.05, 3.63) is 45.4 Å². The summed E-state index contributed by atoms with van der Waals surface area (Å²) in [5.41, 5.74) is 1.72. The lowest BCUT2D eigenvalue weighted by atomic mass is 10.1. The predicted octanol–water partition coefficient (Wildman–Crippen LogP) is 4.35.